The average Bonchev–Trinajstić information content (AvgIpc) is 3.25. The fourth-order valence-electron chi connectivity index (χ4n) is 2.13. The second kappa shape index (κ2) is 5.45. The van der Waals surface area contributed by atoms with E-state index >= 15 is 0 Å². The summed E-state index contributed by atoms with van der Waals surface area (Å²) in [7, 11) is 0. The van der Waals surface area contributed by atoms with Gasteiger partial charge in [0.25, 0.3) is 0 Å². The maximum atomic E-state index is 13.5. The molecular formula is C15H17FN4. The summed E-state index contributed by atoms with van der Waals surface area (Å²) >= 11 is 0. The Bertz CT molecular complexity index is 611. The Morgan fingerprint density at radius 3 is 2.80 bits per heavy atom. The van der Waals surface area contributed by atoms with Crippen molar-refractivity contribution in [3.05, 3.63) is 47.5 Å². The van der Waals surface area contributed by atoms with Crippen LogP contribution in [-0.4, -0.2) is 16.5 Å². The van der Waals surface area contributed by atoms with E-state index in [0.29, 0.717) is 30.3 Å². The number of nitrogens with two attached hydrogens (primary N) is 1. The summed E-state index contributed by atoms with van der Waals surface area (Å²) in [5.74, 6) is 2.31. The molecule has 1 aliphatic carbocycles. The third kappa shape index (κ3) is 3.04. The highest BCUT2D eigenvalue weighted by Gasteiger charge is 2.27. The fourth-order valence-corrected chi connectivity index (χ4v) is 2.13. The number of halogens is 1. The van der Waals surface area contributed by atoms with Crippen molar-refractivity contribution in [3.8, 4) is 0 Å². The van der Waals surface area contributed by atoms with Crippen LogP contribution in [-0.2, 0) is 6.42 Å². The summed E-state index contributed by atoms with van der Waals surface area (Å²) in [6.07, 6.45) is 2.88. The summed E-state index contributed by atoms with van der Waals surface area (Å²) in [5, 5.41) is 3.19. The minimum atomic E-state index is -0.171. The van der Waals surface area contributed by atoms with Gasteiger partial charge in [-0.25, -0.2) is 14.4 Å². The van der Waals surface area contributed by atoms with E-state index in [2.05, 4.69) is 15.3 Å². The zero-order chi connectivity index (χ0) is 13.9. The Labute approximate surface area is 117 Å². The third-order valence-corrected chi connectivity index (χ3v) is 3.36. The molecule has 0 unspecified atom stereocenters. The lowest BCUT2D eigenvalue weighted by Gasteiger charge is -2.08. The first kappa shape index (κ1) is 12.8. The van der Waals surface area contributed by atoms with E-state index < -0.39 is 0 Å². The molecule has 0 bridgehead atoms. The highest BCUT2D eigenvalue weighted by Crippen LogP contribution is 2.38. The van der Waals surface area contributed by atoms with Gasteiger partial charge in [0.05, 0.1) is 0 Å². The molecule has 4 nitrogen and oxygen atoms in total. The van der Waals surface area contributed by atoms with Crippen molar-refractivity contribution in [2.75, 3.05) is 17.6 Å². The number of rotatable bonds is 5. The van der Waals surface area contributed by atoms with E-state index in [-0.39, 0.29) is 5.82 Å². The molecular weight excluding hydrogens is 255 g/mol. The van der Waals surface area contributed by atoms with E-state index in [1.165, 1.54) is 6.07 Å². The zero-order valence-corrected chi connectivity index (χ0v) is 11.1. The molecule has 5 heteroatoms. The second-order valence-electron chi connectivity index (χ2n) is 5.08. The molecule has 3 rings (SSSR count). The molecule has 1 heterocycles. The van der Waals surface area contributed by atoms with Crippen LogP contribution < -0.4 is 11.1 Å². The molecule has 1 aliphatic rings. The van der Waals surface area contributed by atoms with Crippen LogP contribution in [0, 0.1) is 5.82 Å². The lowest BCUT2D eigenvalue weighted by molar-refractivity contribution is 0.610. The van der Waals surface area contributed by atoms with Gasteiger partial charge in [-0.05, 0) is 30.9 Å². The van der Waals surface area contributed by atoms with E-state index in [4.69, 9.17) is 5.73 Å². The molecule has 0 saturated heterocycles. The van der Waals surface area contributed by atoms with Gasteiger partial charge in [-0.15, -0.1) is 0 Å². The van der Waals surface area contributed by atoms with Gasteiger partial charge in [-0.3, -0.25) is 0 Å². The van der Waals surface area contributed by atoms with Crippen LogP contribution in [0.5, 0.6) is 0 Å². The number of hydrogen-bond donors (Lipinski definition) is 2. The summed E-state index contributed by atoms with van der Waals surface area (Å²) in [6, 6.07) is 8.52. The van der Waals surface area contributed by atoms with E-state index in [9.17, 15) is 4.39 Å². The minimum absolute atomic E-state index is 0.171. The van der Waals surface area contributed by atoms with E-state index in [1.807, 2.05) is 6.07 Å². The highest BCUT2D eigenvalue weighted by atomic mass is 19.1. The molecule has 1 saturated carbocycles. The molecule has 104 valence electrons. The molecule has 2 aromatic rings. The van der Waals surface area contributed by atoms with Crippen LogP contribution in [0.2, 0.25) is 0 Å². The van der Waals surface area contributed by atoms with Gasteiger partial charge >= 0.3 is 0 Å². The van der Waals surface area contributed by atoms with Gasteiger partial charge in [0.1, 0.15) is 23.3 Å². The average molecular weight is 272 g/mol. The standard InChI is InChI=1S/C15H17FN4/c16-12-4-2-1-3-10(12)7-8-18-14-9-13(17)19-15(20-14)11-5-6-11/h1-4,9,11H,5-8H2,(H3,17,18,19,20). The van der Waals surface area contributed by atoms with Crippen LogP contribution in [0.1, 0.15) is 30.1 Å². The first-order valence-corrected chi connectivity index (χ1v) is 6.84. The first-order valence-electron chi connectivity index (χ1n) is 6.84. The Morgan fingerprint density at radius 2 is 2.05 bits per heavy atom. The Kier molecular flexibility index (Phi) is 3.50. The number of nitrogens with zero attached hydrogens (tertiary/aromatic N) is 2. The number of aromatic nitrogens is 2. The molecule has 3 N–H and O–H groups in total. The molecule has 0 aliphatic heterocycles. The SMILES string of the molecule is Nc1cc(NCCc2ccccc2F)nc(C2CC2)n1. The number of hydrogen-bond acceptors (Lipinski definition) is 4. The zero-order valence-electron chi connectivity index (χ0n) is 11.1. The van der Waals surface area contributed by atoms with Gasteiger partial charge in [0.2, 0.25) is 0 Å². The van der Waals surface area contributed by atoms with Crippen molar-refractivity contribution in [2.24, 2.45) is 0 Å². The van der Waals surface area contributed by atoms with E-state index in [1.54, 1.807) is 18.2 Å². The lowest BCUT2D eigenvalue weighted by atomic mass is 10.1. The van der Waals surface area contributed by atoms with Crippen LogP contribution >= 0.6 is 0 Å². The molecule has 20 heavy (non-hydrogen) atoms. The predicted octanol–water partition coefficient (Wildman–Crippen LogP) is 2.73. The topological polar surface area (TPSA) is 63.8 Å². The van der Waals surface area contributed by atoms with E-state index in [0.717, 1.165) is 24.5 Å². The first-order chi connectivity index (χ1) is 9.72. The smallest absolute Gasteiger partial charge is 0.136 e. The predicted molar refractivity (Wildman–Crippen MR) is 77.0 cm³/mol. The number of benzene rings is 1. The molecule has 1 aromatic heterocycles. The summed E-state index contributed by atoms with van der Waals surface area (Å²) in [6.45, 7) is 0.613. The largest absolute Gasteiger partial charge is 0.384 e. The molecule has 0 atom stereocenters. The second-order valence-corrected chi connectivity index (χ2v) is 5.08. The quantitative estimate of drug-likeness (QED) is 0.878. The molecule has 0 radical (unpaired) electrons. The normalized spacial score (nSPS) is 14.2. The Hall–Kier alpha value is -2.17. The number of anilines is 2. The van der Waals surface area contributed by atoms with Crippen molar-refractivity contribution in [3.63, 3.8) is 0 Å². The van der Waals surface area contributed by atoms with Gasteiger partial charge in [-0.1, -0.05) is 18.2 Å². The maximum absolute atomic E-state index is 13.5. The fraction of sp³-hybridized carbons (Fsp3) is 0.333. The molecule has 0 spiro atoms. The summed E-state index contributed by atoms with van der Waals surface area (Å²) in [5.41, 5.74) is 6.48. The Morgan fingerprint density at radius 1 is 1.25 bits per heavy atom. The number of nitrogen functional groups attached to an aromatic ring is 1. The summed E-state index contributed by atoms with van der Waals surface area (Å²) in [4.78, 5) is 8.70. The lowest BCUT2D eigenvalue weighted by Crippen LogP contribution is -2.09. The van der Waals surface area contributed by atoms with Crippen molar-refractivity contribution in [1.82, 2.24) is 9.97 Å². The molecule has 1 fully saturated rings. The van der Waals surface area contributed by atoms with Crippen molar-refractivity contribution in [2.45, 2.75) is 25.2 Å². The van der Waals surface area contributed by atoms with Crippen LogP contribution in [0.4, 0.5) is 16.0 Å². The van der Waals surface area contributed by atoms with Crippen molar-refractivity contribution in [1.29, 1.82) is 0 Å². The summed E-state index contributed by atoms with van der Waals surface area (Å²) < 4.78 is 13.5. The Balaban J connectivity index is 1.62. The van der Waals surface area contributed by atoms with Crippen LogP contribution in [0.3, 0.4) is 0 Å². The van der Waals surface area contributed by atoms with Crippen LogP contribution in [0.25, 0.3) is 0 Å². The van der Waals surface area contributed by atoms with Crippen molar-refractivity contribution >= 4 is 11.6 Å². The van der Waals surface area contributed by atoms with Gasteiger partial charge in [-0.2, -0.15) is 0 Å². The highest BCUT2D eigenvalue weighted by molar-refractivity contribution is 5.45. The van der Waals surface area contributed by atoms with Crippen molar-refractivity contribution < 1.29 is 4.39 Å². The van der Waals surface area contributed by atoms with Gasteiger partial charge < -0.3 is 11.1 Å². The number of nitrogens with one attached hydrogen (secondary N) is 1. The molecule has 1 aromatic carbocycles. The third-order valence-electron chi connectivity index (χ3n) is 3.36. The minimum Gasteiger partial charge on any atom is -0.384 e. The van der Waals surface area contributed by atoms with Gasteiger partial charge in [0.15, 0.2) is 0 Å². The maximum Gasteiger partial charge on any atom is 0.136 e. The molecule has 0 amide bonds. The van der Waals surface area contributed by atoms with Gasteiger partial charge in [0, 0.05) is 18.5 Å². The van der Waals surface area contributed by atoms with Crippen LogP contribution in [0.15, 0.2) is 30.3 Å². The monoisotopic (exact) mass is 272 g/mol.